The first-order valence-corrected chi connectivity index (χ1v) is 6.88. The van der Waals surface area contributed by atoms with E-state index in [9.17, 15) is 4.79 Å². The quantitative estimate of drug-likeness (QED) is 0.631. The maximum atomic E-state index is 10.9. The lowest BCUT2D eigenvalue weighted by Crippen LogP contribution is -2.08. The summed E-state index contributed by atoms with van der Waals surface area (Å²) in [6, 6.07) is 4.58. The van der Waals surface area contributed by atoms with Gasteiger partial charge in [-0.25, -0.2) is 4.79 Å². The van der Waals surface area contributed by atoms with E-state index in [0.29, 0.717) is 44.5 Å². The summed E-state index contributed by atoms with van der Waals surface area (Å²) in [5.74, 6) is -0.00881. The van der Waals surface area contributed by atoms with E-state index in [-0.39, 0.29) is 5.56 Å². The Morgan fingerprint density at radius 3 is 2.57 bits per heavy atom. The highest BCUT2D eigenvalue weighted by atomic mass is 16.5. The molecule has 1 rings (SSSR count). The van der Waals surface area contributed by atoms with E-state index in [1.165, 1.54) is 12.1 Å². The minimum atomic E-state index is -0.992. The number of carboxylic acids is 1. The summed E-state index contributed by atoms with van der Waals surface area (Å²) in [4.78, 5) is 10.9. The van der Waals surface area contributed by atoms with Gasteiger partial charge < -0.3 is 24.1 Å². The highest BCUT2D eigenvalue weighted by Gasteiger charge is 2.10. The van der Waals surface area contributed by atoms with Crippen LogP contribution in [0.15, 0.2) is 18.2 Å². The van der Waals surface area contributed by atoms with Crippen LogP contribution in [0.3, 0.4) is 0 Å². The van der Waals surface area contributed by atoms with Gasteiger partial charge in [-0.2, -0.15) is 0 Å². The van der Waals surface area contributed by atoms with E-state index < -0.39 is 5.97 Å². The van der Waals surface area contributed by atoms with Crippen LogP contribution >= 0.6 is 0 Å². The maximum Gasteiger partial charge on any atom is 0.335 e. The van der Waals surface area contributed by atoms with Gasteiger partial charge in [0.1, 0.15) is 0 Å². The molecular weight excluding hydrogens is 276 g/mol. The zero-order valence-electron chi connectivity index (χ0n) is 12.5. The lowest BCUT2D eigenvalue weighted by molar-refractivity contribution is 0.0642. The second-order valence-electron chi connectivity index (χ2n) is 4.21. The number of methoxy groups -OCH3 is 1. The summed E-state index contributed by atoms with van der Waals surface area (Å²) >= 11 is 0. The predicted molar refractivity (Wildman–Crippen MR) is 77.4 cm³/mol. The Kier molecular flexibility index (Phi) is 8.23. The Morgan fingerprint density at radius 2 is 1.90 bits per heavy atom. The van der Waals surface area contributed by atoms with Crippen LogP contribution in [-0.2, 0) is 9.47 Å². The van der Waals surface area contributed by atoms with Gasteiger partial charge in [-0.1, -0.05) is 0 Å². The van der Waals surface area contributed by atoms with Gasteiger partial charge in [0.15, 0.2) is 11.5 Å². The summed E-state index contributed by atoms with van der Waals surface area (Å²) in [7, 11) is 1.63. The van der Waals surface area contributed by atoms with Crippen LogP contribution in [0.25, 0.3) is 0 Å². The van der Waals surface area contributed by atoms with Crippen molar-refractivity contribution in [2.24, 2.45) is 0 Å². The predicted octanol–water partition coefficient (Wildman–Crippen LogP) is 2.22. The van der Waals surface area contributed by atoms with Crippen molar-refractivity contribution in [2.75, 3.05) is 40.1 Å². The van der Waals surface area contributed by atoms with Crippen LogP contribution in [0.2, 0.25) is 0 Å². The van der Waals surface area contributed by atoms with Crippen LogP contribution in [0.1, 0.15) is 23.7 Å². The van der Waals surface area contributed by atoms with E-state index in [2.05, 4.69) is 0 Å². The zero-order chi connectivity index (χ0) is 15.5. The molecule has 0 amide bonds. The molecule has 0 aliphatic rings. The molecule has 1 aromatic carbocycles. The fourth-order valence-corrected chi connectivity index (χ4v) is 1.62. The molecule has 0 heterocycles. The average Bonchev–Trinajstić information content (AvgIpc) is 2.47. The van der Waals surface area contributed by atoms with E-state index >= 15 is 0 Å². The van der Waals surface area contributed by atoms with Gasteiger partial charge in [0, 0.05) is 20.1 Å². The molecule has 21 heavy (non-hydrogen) atoms. The number of ether oxygens (including phenoxy) is 4. The lowest BCUT2D eigenvalue weighted by Gasteiger charge is -2.12. The molecule has 0 spiro atoms. The van der Waals surface area contributed by atoms with E-state index in [4.69, 9.17) is 24.1 Å². The fraction of sp³-hybridized carbons (Fsp3) is 0.533. The van der Waals surface area contributed by atoms with E-state index in [1.54, 1.807) is 13.2 Å². The second kappa shape index (κ2) is 10.0. The lowest BCUT2D eigenvalue weighted by atomic mass is 10.2. The first-order chi connectivity index (χ1) is 10.2. The molecule has 0 aliphatic heterocycles. The molecule has 0 saturated heterocycles. The highest BCUT2D eigenvalue weighted by Crippen LogP contribution is 2.28. The Labute approximate surface area is 124 Å². The standard InChI is InChI=1S/C15H22O6/c1-3-20-14-11-12(15(16)17)5-6-13(14)21-8-4-7-19-10-9-18-2/h5-6,11H,3-4,7-10H2,1-2H3,(H,16,17). The number of benzene rings is 1. The molecule has 0 aromatic heterocycles. The van der Waals surface area contributed by atoms with E-state index in [1.807, 2.05) is 6.92 Å². The van der Waals surface area contributed by atoms with Crippen molar-refractivity contribution in [1.82, 2.24) is 0 Å². The number of hydrogen-bond donors (Lipinski definition) is 1. The number of aromatic carboxylic acids is 1. The molecule has 6 heteroatoms. The number of hydrogen-bond acceptors (Lipinski definition) is 5. The summed E-state index contributed by atoms with van der Waals surface area (Å²) in [5, 5.41) is 8.96. The molecule has 0 saturated carbocycles. The van der Waals surface area contributed by atoms with Crippen molar-refractivity contribution in [1.29, 1.82) is 0 Å². The fourth-order valence-electron chi connectivity index (χ4n) is 1.62. The smallest absolute Gasteiger partial charge is 0.335 e. The van der Waals surface area contributed by atoms with Crippen molar-refractivity contribution < 1.29 is 28.8 Å². The summed E-state index contributed by atoms with van der Waals surface area (Å²) in [6.07, 6.45) is 0.732. The van der Waals surface area contributed by atoms with Crippen molar-refractivity contribution in [2.45, 2.75) is 13.3 Å². The Bertz CT molecular complexity index is 432. The summed E-state index contributed by atoms with van der Waals surface area (Å²) in [5.41, 5.74) is 0.175. The van der Waals surface area contributed by atoms with Crippen LogP contribution in [0.5, 0.6) is 11.5 Å². The molecule has 118 valence electrons. The van der Waals surface area contributed by atoms with Crippen LogP contribution < -0.4 is 9.47 Å². The second-order valence-corrected chi connectivity index (χ2v) is 4.21. The third-order valence-electron chi connectivity index (χ3n) is 2.61. The molecule has 1 aromatic rings. The van der Waals surface area contributed by atoms with Gasteiger partial charge in [-0.15, -0.1) is 0 Å². The van der Waals surface area contributed by atoms with Gasteiger partial charge in [-0.05, 0) is 25.1 Å². The molecule has 0 atom stereocenters. The first-order valence-electron chi connectivity index (χ1n) is 6.88. The number of carbonyl (C=O) groups is 1. The maximum absolute atomic E-state index is 10.9. The van der Waals surface area contributed by atoms with Gasteiger partial charge in [0.25, 0.3) is 0 Å². The SMILES string of the molecule is CCOc1cc(C(=O)O)ccc1OCCCOCCOC. The average molecular weight is 298 g/mol. The van der Waals surface area contributed by atoms with Gasteiger partial charge in [0.2, 0.25) is 0 Å². The zero-order valence-corrected chi connectivity index (χ0v) is 12.5. The normalized spacial score (nSPS) is 10.4. The topological polar surface area (TPSA) is 74.2 Å². The Hall–Kier alpha value is -1.79. The van der Waals surface area contributed by atoms with Crippen molar-refractivity contribution in [3.05, 3.63) is 23.8 Å². The van der Waals surface area contributed by atoms with Crippen molar-refractivity contribution in [3.63, 3.8) is 0 Å². The molecule has 0 radical (unpaired) electrons. The molecule has 6 nitrogen and oxygen atoms in total. The van der Waals surface area contributed by atoms with Gasteiger partial charge in [-0.3, -0.25) is 0 Å². The van der Waals surface area contributed by atoms with Gasteiger partial charge in [0.05, 0.1) is 32.0 Å². The molecule has 0 aliphatic carbocycles. The van der Waals surface area contributed by atoms with Crippen LogP contribution in [0, 0.1) is 0 Å². The molecular formula is C15H22O6. The molecule has 0 unspecified atom stereocenters. The number of carboxylic acid groups (broad SMARTS) is 1. The summed E-state index contributed by atoms with van der Waals surface area (Å²) < 4.78 is 21.2. The number of rotatable bonds is 11. The van der Waals surface area contributed by atoms with Gasteiger partial charge >= 0.3 is 5.97 Å². The summed E-state index contributed by atoms with van der Waals surface area (Å²) in [6.45, 7) is 4.47. The minimum Gasteiger partial charge on any atom is -0.490 e. The largest absolute Gasteiger partial charge is 0.490 e. The third-order valence-corrected chi connectivity index (χ3v) is 2.61. The Balaban J connectivity index is 2.44. The monoisotopic (exact) mass is 298 g/mol. The molecule has 0 bridgehead atoms. The molecule has 0 fully saturated rings. The minimum absolute atomic E-state index is 0.175. The van der Waals surface area contributed by atoms with Crippen molar-refractivity contribution >= 4 is 5.97 Å². The highest BCUT2D eigenvalue weighted by molar-refractivity contribution is 5.88. The third kappa shape index (κ3) is 6.46. The first kappa shape index (κ1) is 17.3. The van der Waals surface area contributed by atoms with E-state index in [0.717, 1.165) is 6.42 Å². The Morgan fingerprint density at radius 1 is 1.10 bits per heavy atom. The van der Waals surface area contributed by atoms with Crippen molar-refractivity contribution in [3.8, 4) is 11.5 Å². The van der Waals surface area contributed by atoms with Crippen LogP contribution in [0.4, 0.5) is 0 Å². The molecule has 1 N–H and O–H groups in total. The van der Waals surface area contributed by atoms with Crippen LogP contribution in [-0.4, -0.2) is 51.2 Å².